The number of unbranched alkanes of at least 4 members (excludes halogenated alkanes) is 2. The number of ether oxygens (including phenoxy) is 1. The average molecular weight is 603 g/mol. The molecule has 2 aromatic rings. The number of carbonyl (C=O) groups is 4. The third kappa shape index (κ3) is 10.4. The molecular weight excluding hydrogens is 560 g/mol. The number of allylic oxidation sites excluding steroid dienone is 2. The van der Waals surface area contributed by atoms with Gasteiger partial charge in [-0.15, -0.1) is 0 Å². The van der Waals surface area contributed by atoms with E-state index in [1.807, 2.05) is 41.3 Å². The maximum atomic E-state index is 13.3. The Bertz CT molecular complexity index is 1360. The minimum absolute atomic E-state index is 0.0259. The van der Waals surface area contributed by atoms with E-state index in [4.69, 9.17) is 4.74 Å². The van der Waals surface area contributed by atoms with E-state index in [1.165, 1.54) is 6.07 Å². The molecule has 1 heterocycles. The second-order valence-corrected chi connectivity index (χ2v) is 11.3. The number of hydrazone groups is 1. The highest BCUT2D eigenvalue weighted by molar-refractivity contribution is 5.92. The fraction of sp³-hybridized carbons (Fsp3) is 0.441. The summed E-state index contributed by atoms with van der Waals surface area (Å²) in [6.07, 6.45) is 12.3. The van der Waals surface area contributed by atoms with E-state index in [2.05, 4.69) is 15.8 Å². The molecule has 4 rings (SSSR count). The Labute approximate surface area is 258 Å². The largest absolute Gasteiger partial charge is 0.506 e. The topological polar surface area (TPSA) is 137 Å². The summed E-state index contributed by atoms with van der Waals surface area (Å²) in [5.41, 5.74) is 4.66. The van der Waals surface area contributed by atoms with Crippen molar-refractivity contribution in [2.45, 2.75) is 95.7 Å². The number of hydrogen-bond donors (Lipinski definition) is 3. The predicted octanol–water partition coefficient (Wildman–Crippen LogP) is 5.35. The van der Waals surface area contributed by atoms with Gasteiger partial charge in [0.1, 0.15) is 11.9 Å². The van der Waals surface area contributed by atoms with Gasteiger partial charge in [0, 0.05) is 32.2 Å². The lowest BCUT2D eigenvalue weighted by molar-refractivity contribution is -0.155. The predicted molar refractivity (Wildman–Crippen MR) is 168 cm³/mol. The zero-order valence-electron chi connectivity index (χ0n) is 25.1. The summed E-state index contributed by atoms with van der Waals surface area (Å²) in [5, 5.41) is 16.5. The Morgan fingerprint density at radius 1 is 0.955 bits per heavy atom. The first-order chi connectivity index (χ1) is 21.4. The van der Waals surface area contributed by atoms with Crippen molar-refractivity contribution in [3.63, 3.8) is 0 Å². The smallest absolute Gasteiger partial charge is 0.306 e. The first kappa shape index (κ1) is 32.4. The van der Waals surface area contributed by atoms with Crippen LogP contribution in [0.2, 0.25) is 0 Å². The summed E-state index contributed by atoms with van der Waals surface area (Å²) in [4.78, 5) is 51.8. The van der Waals surface area contributed by atoms with Crippen LogP contribution in [-0.2, 0) is 30.5 Å². The second kappa shape index (κ2) is 17.0. The number of nitrogens with one attached hydrogen (secondary N) is 2. The van der Waals surface area contributed by atoms with Crippen molar-refractivity contribution in [1.29, 1.82) is 0 Å². The third-order valence-corrected chi connectivity index (χ3v) is 7.82. The van der Waals surface area contributed by atoms with Gasteiger partial charge in [-0.2, -0.15) is 5.10 Å². The molecule has 1 saturated carbocycles. The molecule has 44 heavy (non-hydrogen) atoms. The summed E-state index contributed by atoms with van der Waals surface area (Å²) in [6.45, 7) is 0.403. The van der Waals surface area contributed by atoms with Crippen molar-refractivity contribution in [3.05, 3.63) is 71.8 Å². The molecule has 0 bridgehead atoms. The lowest BCUT2D eigenvalue weighted by Crippen LogP contribution is -2.45. The molecule has 0 unspecified atom stereocenters. The standard InChI is InChI=1S/C34H42N4O6/c39-29-16-9-8-14-27(29)36-31(40)18-4-3-5-19-32(41)37-35-23-25-12-10-13-26(22-25)24-38-28-15-11-17-30(28)44-34(43)21-7-2-1-6-20-33(38)42/h1-2,8-10,12-14,16,22-23,28,30,39H,3-7,11,15,17-21,24H2,(H,36,40)(H,37,41)/b2-1+,35-23+/t28-,30-/m0/s1. The van der Waals surface area contributed by atoms with Crippen molar-refractivity contribution >= 4 is 35.6 Å². The number of amides is 3. The second-order valence-electron chi connectivity index (χ2n) is 11.3. The van der Waals surface area contributed by atoms with Gasteiger partial charge < -0.3 is 20.1 Å². The Balaban J connectivity index is 1.23. The number of benzene rings is 2. The minimum Gasteiger partial charge on any atom is -0.506 e. The first-order valence-electron chi connectivity index (χ1n) is 15.5. The van der Waals surface area contributed by atoms with Crippen LogP contribution in [0, 0.1) is 0 Å². The van der Waals surface area contributed by atoms with Crippen LogP contribution in [0.5, 0.6) is 5.75 Å². The molecule has 1 fully saturated rings. The molecule has 1 aliphatic heterocycles. The number of phenolic OH excluding ortho intramolecular Hbond substituents is 1. The van der Waals surface area contributed by atoms with Crippen molar-refractivity contribution in [2.75, 3.05) is 5.32 Å². The summed E-state index contributed by atoms with van der Waals surface area (Å²) in [5.74, 6) is -0.535. The first-order valence-corrected chi connectivity index (χ1v) is 15.5. The van der Waals surface area contributed by atoms with Gasteiger partial charge in [0.15, 0.2) is 0 Å². The molecule has 0 radical (unpaired) electrons. The highest BCUT2D eigenvalue weighted by Crippen LogP contribution is 2.30. The number of hydrogen-bond acceptors (Lipinski definition) is 7. The van der Waals surface area contributed by atoms with Crippen LogP contribution in [0.1, 0.15) is 88.2 Å². The van der Waals surface area contributed by atoms with Gasteiger partial charge >= 0.3 is 5.97 Å². The SMILES string of the molecule is O=C(CCCCCC(=O)Nc1ccccc1O)N/N=C/c1cccc(CN2C(=O)CC/C=C/CCC(=O)O[C@H]3CCC[C@@H]32)c1. The molecule has 2 aromatic carbocycles. The van der Waals surface area contributed by atoms with E-state index in [0.717, 1.165) is 30.4 Å². The molecule has 0 spiro atoms. The van der Waals surface area contributed by atoms with Crippen LogP contribution in [0.3, 0.4) is 0 Å². The summed E-state index contributed by atoms with van der Waals surface area (Å²) in [7, 11) is 0. The Kier molecular flexibility index (Phi) is 12.5. The number of carbonyl (C=O) groups excluding carboxylic acids is 4. The van der Waals surface area contributed by atoms with Crippen molar-refractivity contribution in [3.8, 4) is 5.75 Å². The Hall–Kier alpha value is -4.47. The summed E-state index contributed by atoms with van der Waals surface area (Å²) >= 11 is 0. The molecule has 10 heteroatoms. The lowest BCUT2D eigenvalue weighted by Gasteiger charge is -2.33. The molecule has 3 amide bonds. The van der Waals surface area contributed by atoms with Crippen LogP contribution in [0.15, 0.2) is 65.8 Å². The minimum atomic E-state index is -0.282. The molecule has 234 valence electrons. The summed E-state index contributed by atoms with van der Waals surface area (Å²) in [6, 6.07) is 14.1. The number of phenols is 1. The number of esters is 1. The average Bonchev–Trinajstić information content (AvgIpc) is 3.45. The summed E-state index contributed by atoms with van der Waals surface area (Å²) < 4.78 is 5.79. The molecule has 3 N–H and O–H groups in total. The van der Waals surface area contributed by atoms with Crippen LogP contribution in [0.25, 0.3) is 0 Å². The fourth-order valence-electron chi connectivity index (χ4n) is 5.55. The highest BCUT2D eigenvalue weighted by atomic mass is 16.5. The van der Waals surface area contributed by atoms with Crippen molar-refractivity contribution in [1.82, 2.24) is 10.3 Å². The molecule has 0 saturated heterocycles. The molecular formula is C34H42N4O6. The van der Waals surface area contributed by atoms with Crippen molar-refractivity contribution in [2.24, 2.45) is 5.10 Å². The van der Waals surface area contributed by atoms with Gasteiger partial charge in [0.25, 0.3) is 0 Å². The van der Waals surface area contributed by atoms with Crippen molar-refractivity contribution < 1.29 is 29.0 Å². The van der Waals surface area contributed by atoms with E-state index in [1.54, 1.807) is 24.4 Å². The number of para-hydroxylation sites is 2. The Morgan fingerprint density at radius 2 is 1.73 bits per heavy atom. The van der Waals surface area contributed by atoms with Crippen LogP contribution in [0.4, 0.5) is 5.69 Å². The van der Waals surface area contributed by atoms with Crippen LogP contribution >= 0.6 is 0 Å². The van der Waals surface area contributed by atoms with Gasteiger partial charge in [0.2, 0.25) is 17.7 Å². The monoisotopic (exact) mass is 602 g/mol. The van der Waals surface area contributed by atoms with Gasteiger partial charge in [-0.25, -0.2) is 5.43 Å². The van der Waals surface area contributed by atoms with E-state index < -0.39 is 0 Å². The number of aromatic hydroxyl groups is 1. The molecule has 2 atom stereocenters. The lowest BCUT2D eigenvalue weighted by atomic mass is 10.1. The Morgan fingerprint density at radius 3 is 2.55 bits per heavy atom. The van der Waals surface area contributed by atoms with Gasteiger partial charge in [-0.1, -0.05) is 48.9 Å². The van der Waals surface area contributed by atoms with Gasteiger partial charge in [0.05, 0.1) is 17.9 Å². The van der Waals surface area contributed by atoms with E-state index in [-0.39, 0.29) is 48.0 Å². The van der Waals surface area contributed by atoms with Crippen LogP contribution < -0.4 is 10.7 Å². The number of fused-ring (bicyclic) bond motifs is 1. The normalized spacial score (nSPS) is 19.9. The van der Waals surface area contributed by atoms with E-state index >= 15 is 0 Å². The number of rotatable bonds is 11. The van der Waals surface area contributed by atoms with E-state index in [0.29, 0.717) is 63.6 Å². The highest BCUT2D eigenvalue weighted by Gasteiger charge is 2.37. The molecule has 1 aliphatic carbocycles. The molecule has 0 aromatic heterocycles. The number of nitrogens with zero attached hydrogens (tertiary/aromatic N) is 2. The fourth-order valence-corrected chi connectivity index (χ4v) is 5.55. The zero-order valence-corrected chi connectivity index (χ0v) is 25.1. The van der Waals surface area contributed by atoms with Gasteiger partial charge in [-0.05, 0) is 74.3 Å². The molecule has 10 nitrogen and oxygen atoms in total. The molecule has 2 aliphatic rings. The maximum absolute atomic E-state index is 13.3. The van der Waals surface area contributed by atoms with Crippen LogP contribution in [-0.4, -0.2) is 52.1 Å². The third-order valence-electron chi connectivity index (χ3n) is 7.82. The van der Waals surface area contributed by atoms with E-state index in [9.17, 15) is 24.3 Å². The van der Waals surface area contributed by atoms with Gasteiger partial charge in [-0.3, -0.25) is 19.2 Å². The number of anilines is 1. The maximum Gasteiger partial charge on any atom is 0.306 e. The zero-order chi connectivity index (χ0) is 31.1. The quantitative estimate of drug-likeness (QED) is 0.0792.